The van der Waals surface area contributed by atoms with Crippen molar-refractivity contribution in [2.45, 2.75) is 60.8 Å². The first-order chi connectivity index (χ1) is 12.8. The van der Waals surface area contributed by atoms with Crippen LogP contribution < -0.4 is 0 Å². The van der Waals surface area contributed by atoms with Crippen molar-refractivity contribution in [1.82, 2.24) is 0 Å². The van der Waals surface area contributed by atoms with E-state index in [2.05, 4.69) is 74.5 Å². The normalized spacial score (nSPS) is 17.0. The van der Waals surface area contributed by atoms with E-state index >= 15 is 0 Å². The van der Waals surface area contributed by atoms with E-state index in [0.717, 1.165) is 0 Å². The third-order valence-electron chi connectivity index (χ3n) is 5.59. The second-order valence-electron chi connectivity index (χ2n) is 6.64. The molecule has 2 aliphatic rings. The largest absolute Gasteiger partial charge is 0.0776 e. The summed E-state index contributed by atoms with van der Waals surface area (Å²) in [4.78, 5) is 0. The summed E-state index contributed by atoms with van der Waals surface area (Å²) in [6.07, 6.45) is 0. The van der Waals surface area contributed by atoms with Crippen molar-refractivity contribution in [2.24, 2.45) is 0 Å². The van der Waals surface area contributed by atoms with Gasteiger partial charge < -0.3 is 0 Å². The fourth-order valence-corrected chi connectivity index (χ4v) is 4.39. The van der Waals surface area contributed by atoms with Gasteiger partial charge in [-0.1, -0.05) is 97.5 Å². The maximum absolute atomic E-state index is 2.46. The molecule has 0 heterocycles. The molecular formula is C27H34. The lowest BCUT2D eigenvalue weighted by molar-refractivity contribution is 0.943. The van der Waals surface area contributed by atoms with Gasteiger partial charge in [0.1, 0.15) is 0 Å². The Morgan fingerprint density at radius 2 is 0.815 bits per heavy atom. The van der Waals surface area contributed by atoms with Crippen LogP contribution in [0.5, 0.6) is 0 Å². The highest BCUT2D eigenvalue weighted by Crippen LogP contribution is 2.51. The molecule has 0 radical (unpaired) electrons. The van der Waals surface area contributed by atoms with E-state index in [1.807, 2.05) is 27.7 Å². The first kappa shape index (κ1) is 21.0. The molecule has 0 saturated heterocycles. The maximum Gasteiger partial charge on any atom is 0.00735 e. The summed E-state index contributed by atoms with van der Waals surface area (Å²) in [5, 5.41) is 0. The van der Waals surface area contributed by atoms with E-state index in [1.165, 1.54) is 44.5 Å². The molecule has 2 atom stereocenters. The molecule has 3 aromatic carbocycles. The predicted molar refractivity (Wildman–Crippen MR) is 122 cm³/mol. The number of hydrogen-bond donors (Lipinski definition) is 0. The third kappa shape index (κ3) is 3.12. The summed E-state index contributed by atoms with van der Waals surface area (Å²) in [6.45, 7) is 12.7. The van der Waals surface area contributed by atoms with Crippen molar-refractivity contribution in [1.29, 1.82) is 0 Å². The monoisotopic (exact) mass is 358 g/mol. The van der Waals surface area contributed by atoms with Gasteiger partial charge in [0.2, 0.25) is 0 Å². The van der Waals surface area contributed by atoms with Crippen molar-refractivity contribution in [2.75, 3.05) is 0 Å². The molecule has 0 nitrogen and oxygen atoms in total. The van der Waals surface area contributed by atoms with Gasteiger partial charge in [-0.2, -0.15) is 0 Å². The van der Waals surface area contributed by atoms with Crippen molar-refractivity contribution >= 4 is 0 Å². The van der Waals surface area contributed by atoms with Gasteiger partial charge in [0.05, 0.1) is 0 Å². The molecule has 27 heavy (non-hydrogen) atoms. The van der Waals surface area contributed by atoms with Gasteiger partial charge in [-0.05, 0) is 56.6 Å². The van der Waals surface area contributed by atoms with E-state index in [-0.39, 0.29) is 7.43 Å². The summed E-state index contributed by atoms with van der Waals surface area (Å²) >= 11 is 0. The van der Waals surface area contributed by atoms with Crippen molar-refractivity contribution in [3.8, 4) is 22.3 Å². The van der Waals surface area contributed by atoms with E-state index in [0.29, 0.717) is 11.8 Å². The van der Waals surface area contributed by atoms with Gasteiger partial charge in [0.15, 0.2) is 0 Å². The molecule has 0 fully saturated rings. The van der Waals surface area contributed by atoms with Gasteiger partial charge in [0.25, 0.3) is 0 Å². The van der Waals surface area contributed by atoms with Crippen LogP contribution in [0.1, 0.15) is 83.1 Å². The Labute approximate surface area is 166 Å². The zero-order valence-corrected chi connectivity index (χ0v) is 16.9. The van der Waals surface area contributed by atoms with Crippen LogP contribution in [0.25, 0.3) is 22.3 Å². The van der Waals surface area contributed by atoms with Gasteiger partial charge in [-0.25, -0.2) is 0 Å². The van der Waals surface area contributed by atoms with Gasteiger partial charge in [-0.3, -0.25) is 0 Å². The van der Waals surface area contributed by atoms with Crippen molar-refractivity contribution in [3.63, 3.8) is 0 Å². The molecule has 5 rings (SSSR count). The molecule has 0 bridgehead atoms. The van der Waals surface area contributed by atoms with E-state index in [4.69, 9.17) is 0 Å². The van der Waals surface area contributed by atoms with Gasteiger partial charge >= 0.3 is 0 Å². The topological polar surface area (TPSA) is 0 Å². The highest BCUT2D eigenvalue weighted by molar-refractivity contribution is 5.87. The molecule has 2 unspecified atom stereocenters. The molecule has 0 saturated carbocycles. The summed E-state index contributed by atoms with van der Waals surface area (Å²) in [5.74, 6) is 0.999. The molecule has 0 aromatic heterocycles. The highest BCUT2D eigenvalue weighted by atomic mass is 14.3. The fraction of sp³-hybridized carbons (Fsp3) is 0.333. The molecule has 0 N–H and O–H groups in total. The van der Waals surface area contributed by atoms with Crippen LogP contribution in [0, 0.1) is 0 Å². The standard InChI is InChI=1S/C22H18.2C2H6.CH4/c1-13-15-7-3-5-9-17(15)21-12-20-14(2)16-8-4-6-10-18(16)22(20)11-19(13)21;2*1-2;/h3-14H,1-2H3;2*1-2H3;1H4. The smallest absolute Gasteiger partial charge is 0.00735 e. The number of fused-ring (bicyclic) bond motifs is 6. The number of hydrogen-bond acceptors (Lipinski definition) is 0. The molecule has 0 amide bonds. The number of benzene rings is 3. The Kier molecular flexibility index (Phi) is 6.65. The molecule has 0 aliphatic heterocycles. The van der Waals surface area contributed by atoms with Crippen LogP contribution >= 0.6 is 0 Å². The Morgan fingerprint density at radius 1 is 0.481 bits per heavy atom. The zero-order valence-electron chi connectivity index (χ0n) is 16.9. The van der Waals surface area contributed by atoms with Crippen molar-refractivity contribution < 1.29 is 0 Å². The Hall–Kier alpha value is -2.34. The van der Waals surface area contributed by atoms with E-state index < -0.39 is 0 Å². The van der Waals surface area contributed by atoms with Gasteiger partial charge in [0, 0.05) is 11.8 Å². The minimum Gasteiger partial charge on any atom is -0.0776 e. The lowest BCUT2D eigenvalue weighted by Crippen LogP contribution is -1.92. The van der Waals surface area contributed by atoms with Gasteiger partial charge in [-0.15, -0.1) is 0 Å². The summed E-state index contributed by atoms with van der Waals surface area (Å²) in [7, 11) is 0. The first-order valence-electron chi connectivity index (χ1n) is 10.1. The lowest BCUT2D eigenvalue weighted by atomic mass is 9.93. The Morgan fingerprint density at radius 3 is 1.19 bits per heavy atom. The molecule has 0 heteroatoms. The molecule has 3 aromatic rings. The Bertz CT molecular complexity index is 840. The molecular weight excluding hydrogens is 324 g/mol. The first-order valence-corrected chi connectivity index (χ1v) is 10.1. The lowest BCUT2D eigenvalue weighted by Gasteiger charge is -2.11. The van der Waals surface area contributed by atoms with Crippen LogP contribution in [-0.2, 0) is 0 Å². The third-order valence-corrected chi connectivity index (χ3v) is 5.59. The zero-order chi connectivity index (χ0) is 18.8. The molecule has 0 spiro atoms. The van der Waals surface area contributed by atoms with E-state index in [1.54, 1.807) is 0 Å². The second-order valence-corrected chi connectivity index (χ2v) is 6.64. The summed E-state index contributed by atoms with van der Waals surface area (Å²) < 4.78 is 0. The van der Waals surface area contributed by atoms with Crippen LogP contribution in [-0.4, -0.2) is 0 Å². The minimum absolute atomic E-state index is 0. The highest BCUT2D eigenvalue weighted by Gasteiger charge is 2.31. The summed E-state index contributed by atoms with van der Waals surface area (Å²) in [5.41, 5.74) is 11.7. The van der Waals surface area contributed by atoms with E-state index in [9.17, 15) is 0 Å². The van der Waals surface area contributed by atoms with Crippen LogP contribution in [0.3, 0.4) is 0 Å². The average Bonchev–Trinajstić information content (AvgIpc) is 3.17. The summed E-state index contributed by atoms with van der Waals surface area (Å²) in [6, 6.07) is 22.7. The SMILES string of the molecule is C.CC.CC.CC1c2ccccc2-c2cc3c(cc21)-c1ccccc1C3C. The molecule has 142 valence electrons. The minimum atomic E-state index is 0. The maximum atomic E-state index is 2.46. The Balaban J connectivity index is 0.000000493. The quantitative estimate of drug-likeness (QED) is 0.377. The average molecular weight is 359 g/mol. The second kappa shape index (κ2) is 8.57. The predicted octanol–water partition coefficient (Wildman–Crippen LogP) is 8.64. The fourth-order valence-electron chi connectivity index (χ4n) is 4.39. The van der Waals surface area contributed by atoms with Crippen molar-refractivity contribution in [3.05, 3.63) is 82.9 Å². The van der Waals surface area contributed by atoms with Crippen LogP contribution in [0.4, 0.5) is 0 Å². The number of rotatable bonds is 0. The van der Waals surface area contributed by atoms with Crippen LogP contribution in [0.2, 0.25) is 0 Å². The molecule has 2 aliphatic carbocycles. The van der Waals surface area contributed by atoms with Crippen LogP contribution in [0.15, 0.2) is 60.7 Å².